The van der Waals surface area contributed by atoms with E-state index in [1.54, 1.807) is 43.4 Å². The van der Waals surface area contributed by atoms with E-state index in [4.69, 9.17) is 9.84 Å². The molecule has 2 atom stereocenters. The maximum absolute atomic E-state index is 12.4. The number of nitrogens with zero attached hydrogens (tertiary/aromatic N) is 2. The van der Waals surface area contributed by atoms with E-state index < -0.39 is 79.9 Å². The van der Waals surface area contributed by atoms with Crippen LogP contribution in [-0.2, 0) is 60.8 Å². The summed E-state index contributed by atoms with van der Waals surface area (Å²) in [6.45, 7) is 14.1. The number of anilines is 1. The van der Waals surface area contributed by atoms with Crippen LogP contribution in [0.2, 0.25) is 0 Å². The van der Waals surface area contributed by atoms with Crippen LogP contribution in [0.4, 0.5) is 11.4 Å². The number of hydrogen-bond acceptors (Lipinski definition) is 11. The summed E-state index contributed by atoms with van der Waals surface area (Å²) in [6, 6.07) is 8.42. The van der Waals surface area contributed by atoms with Crippen molar-refractivity contribution in [2.45, 2.75) is 138 Å². The highest BCUT2D eigenvalue weighted by Gasteiger charge is 2.52. The van der Waals surface area contributed by atoms with Gasteiger partial charge in [-0.15, -0.1) is 0 Å². The quantitative estimate of drug-likeness (QED) is 0.0317. The first-order chi connectivity index (χ1) is 29.7. The molecule has 2 aliphatic rings. The summed E-state index contributed by atoms with van der Waals surface area (Å²) >= 11 is 0. The molecule has 2 aromatic carbocycles. The fraction of sp³-hybridized carbons (Fsp3) is 0.545. The highest BCUT2D eigenvalue weighted by Crippen LogP contribution is 2.52. The van der Waals surface area contributed by atoms with Crippen LogP contribution in [0, 0.1) is 0 Å². The second-order valence-corrected chi connectivity index (χ2v) is 24.6. The van der Waals surface area contributed by atoms with Crippen molar-refractivity contribution in [3.8, 4) is 0 Å². The van der Waals surface area contributed by atoms with E-state index in [0.717, 1.165) is 0 Å². The second kappa shape index (κ2) is 20.2. The zero-order valence-corrected chi connectivity index (χ0v) is 41.2. The van der Waals surface area contributed by atoms with Crippen LogP contribution >= 0.6 is 0 Å². The average molecular weight is 988 g/mol. The lowest BCUT2D eigenvalue weighted by Crippen LogP contribution is -2.40. The number of unbranched alkanes of at least 4 members (excludes halogenated alkanes) is 2. The Balaban J connectivity index is 1.90. The van der Waals surface area contributed by atoms with E-state index in [1.165, 1.54) is 24.3 Å². The lowest BCUT2D eigenvalue weighted by Gasteiger charge is -2.30. The van der Waals surface area contributed by atoms with Crippen LogP contribution < -0.4 is 4.90 Å². The van der Waals surface area contributed by atoms with Gasteiger partial charge in [-0.2, -0.15) is 38.2 Å². The van der Waals surface area contributed by atoms with Gasteiger partial charge in [0.05, 0.1) is 38.9 Å². The lowest BCUT2D eigenvalue weighted by atomic mass is 9.75. The van der Waals surface area contributed by atoms with E-state index in [9.17, 15) is 56.7 Å². The predicted molar refractivity (Wildman–Crippen MR) is 248 cm³/mol. The molecule has 0 aliphatic carbocycles. The number of carboxylic acid groups (broad SMARTS) is 1. The molecule has 0 saturated heterocycles. The number of hydrogen-bond donors (Lipinski definition) is 5. The van der Waals surface area contributed by atoms with E-state index in [2.05, 4.69) is 0 Å². The minimum atomic E-state index is -4.65. The fourth-order valence-electron chi connectivity index (χ4n) is 8.71. The van der Waals surface area contributed by atoms with Crippen molar-refractivity contribution < 1.29 is 71.1 Å². The Morgan fingerprint density at radius 2 is 1.28 bits per heavy atom. The largest absolute Gasteiger partial charge is 0.481 e. The average Bonchev–Trinajstić information content (AvgIpc) is 3.52. The summed E-state index contributed by atoms with van der Waals surface area (Å²) in [5.74, 6) is -2.06. The Bertz CT molecular complexity index is 2700. The van der Waals surface area contributed by atoms with Gasteiger partial charge in [-0.1, -0.05) is 24.6 Å². The molecule has 0 fully saturated rings. The molecule has 2 aliphatic heterocycles. The van der Waals surface area contributed by atoms with Gasteiger partial charge in [-0.05, 0) is 115 Å². The summed E-state index contributed by atoms with van der Waals surface area (Å²) in [4.78, 5) is 12.4. The normalized spacial score (nSPS) is 20.4. The van der Waals surface area contributed by atoms with Crippen LogP contribution in [0.15, 0.2) is 82.3 Å². The summed E-state index contributed by atoms with van der Waals surface area (Å²) in [5.41, 5.74) is 0.233. The SMILES string of the molecule is CC(C)(C)OCCC(C)(C)[N+]1=C(/C=C/C=C/C=C2/N(CCCCCC(=O)O)c3ccc(S(=O)(=O)O)cc3C2(C)CCCS(=O)(=O)O)C(C)(CCCS(=O)(=O)O)c2cc(S(=O)(=O)O)ccc21. The zero-order chi connectivity index (χ0) is 49.0. The molecule has 362 valence electrons. The van der Waals surface area contributed by atoms with Crippen LogP contribution in [0.1, 0.15) is 117 Å². The minimum absolute atomic E-state index is 0.00623. The van der Waals surface area contributed by atoms with E-state index >= 15 is 0 Å². The Morgan fingerprint density at radius 3 is 1.82 bits per heavy atom. The van der Waals surface area contributed by atoms with Crippen LogP contribution in [0.3, 0.4) is 0 Å². The molecule has 4 rings (SSSR count). The minimum Gasteiger partial charge on any atom is -0.481 e. The number of benzene rings is 2. The molecule has 0 aromatic heterocycles. The number of fused-ring (bicyclic) bond motifs is 2. The van der Waals surface area contributed by atoms with Gasteiger partial charge in [-0.3, -0.25) is 23.0 Å². The van der Waals surface area contributed by atoms with Crippen molar-refractivity contribution in [1.29, 1.82) is 0 Å². The summed E-state index contributed by atoms with van der Waals surface area (Å²) in [7, 11) is -18.0. The number of ether oxygens (including phenoxy) is 1. The Labute approximate surface area is 384 Å². The van der Waals surface area contributed by atoms with Gasteiger partial charge in [-0.25, -0.2) is 0 Å². The molecule has 0 bridgehead atoms. The summed E-state index contributed by atoms with van der Waals surface area (Å²) < 4.78 is 144. The molecule has 0 radical (unpaired) electrons. The summed E-state index contributed by atoms with van der Waals surface area (Å²) in [6.07, 6.45) is 11.0. The summed E-state index contributed by atoms with van der Waals surface area (Å²) in [5, 5.41) is 9.17. The van der Waals surface area contributed by atoms with Gasteiger partial charge >= 0.3 is 5.97 Å². The van der Waals surface area contributed by atoms with Crippen molar-refractivity contribution in [3.05, 3.63) is 83.6 Å². The highest BCUT2D eigenvalue weighted by atomic mass is 32.2. The number of rotatable bonds is 23. The van der Waals surface area contributed by atoms with Crippen molar-refractivity contribution in [3.63, 3.8) is 0 Å². The topological polar surface area (TPSA) is 270 Å². The smallest absolute Gasteiger partial charge is 0.303 e. The zero-order valence-electron chi connectivity index (χ0n) is 37.9. The van der Waals surface area contributed by atoms with Gasteiger partial charge in [0.1, 0.15) is 0 Å². The van der Waals surface area contributed by atoms with Gasteiger partial charge in [0, 0.05) is 67.7 Å². The maximum Gasteiger partial charge on any atom is 0.303 e. The number of allylic oxidation sites excluding steroid dienone is 6. The number of aliphatic carboxylic acids is 1. The standard InChI is InChI=1S/C44H62N2O15S4/c1-41(2,3)61-27-25-42(4,5)46-37-22-20-33(65(58,59)60)31-35(37)44(7,24-15-29-63(52,53)54)39(46)17-11-8-10-16-38-43(6,23-14-28-62(49,50)51)34-30-32(64(55,56)57)19-21-36(34)45(38)26-13-9-12-18-40(47)48/h8,10-11,16-17,19-22,30-31H,9,12-15,18,23-29H2,1-7H3,(H4-,47,48,49,50,51,52,53,54,55,56,57,58,59,60)/p+1. The Hall–Kier alpha value is -3.80. The Morgan fingerprint density at radius 1 is 0.723 bits per heavy atom. The lowest BCUT2D eigenvalue weighted by molar-refractivity contribution is -0.525. The first kappa shape index (κ1) is 53.8. The molecule has 21 heteroatoms. The van der Waals surface area contributed by atoms with Gasteiger partial charge in [0.2, 0.25) is 5.69 Å². The molecule has 0 saturated carbocycles. The van der Waals surface area contributed by atoms with Crippen LogP contribution in [-0.4, -0.2) is 109 Å². The van der Waals surface area contributed by atoms with Crippen LogP contribution in [0.5, 0.6) is 0 Å². The molecular weight excluding hydrogens is 925 g/mol. The molecule has 65 heavy (non-hydrogen) atoms. The van der Waals surface area contributed by atoms with Gasteiger partial charge in [0.25, 0.3) is 40.5 Å². The van der Waals surface area contributed by atoms with E-state index in [1.807, 2.05) is 57.1 Å². The third kappa shape index (κ3) is 14.1. The van der Waals surface area contributed by atoms with E-state index in [-0.39, 0.29) is 41.9 Å². The number of carboxylic acids is 1. The number of carbonyl (C=O) groups is 1. The second-order valence-electron chi connectivity index (χ2n) is 18.6. The first-order valence-corrected chi connectivity index (χ1v) is 27.3. The third-order valence-electron chi connectivity index (χ3n) is 11.9. The molecular formula is C44H63N2O15S4+. The Kier molecular flexibility index (Phi) is 16.7. The van der Waals surface area contributed by atoms with Crippen molar-refractivity contribution in [1.82, 2.24) is 0 Å². The van der Waals surface area contributed by atoms with Crippen molar-refractivity contribution in [2.24, 2.45) is 0 Å². The molecule has 2 aromatic rings. The molecule has 17 nitrogen and oxygen atoms in total. The third-order valence-corrected chi connectivity index (χ3v) is 15.2. The predicted octanol–water partition coefficient (Wildman–Crippen LogP) is 7.28. The maximum atomic E-state index is 12.4. The van der Waals surface area contributed by atoms with Gasteiger partial charge < -0.3 is 14.7 Å². The molecule has 2 unspecified atom stereocenters. The van der Waals surface area contributed by atoms with Crippen molar-refractivity contribution in [2.75, 3.05) is 29.6 Å². The van der Waals surface area contributed by atoms with E-state index in [0.29, 0.717) is 72.7 Å². The molecule has 0 spiro atoms. The van der Waals surface area contributed by atoms with Gasteiger partial charge in [0.15, 0.2) is 11.3 Å². The molecule has 2 heterocycles. The first-order valence-electron chi connectivity index (χ1n) is 21.2. The fourth-order valence-corrected chi connectivity index (χ4v) is 10.7. The molecule has 5 N–H and O–H groups in total. The molecule has 0 amide bonds. The van der Waals surface area contributed by atoms with Crippen LogP contribution in [0.25, 0.3) is 0 Å². The monoisotopic (exact) mass is 987 g/mol. The highest BCUT2D eigenvalue weighted by molar-refractivity contribution is 7.86. The van der Waals surface area contributed by atoms with Crippen molar-refractivity contribution >= 4 is 63.5 Å².